The quantitative estimate of drug-likeness (QED) is 0.594. The van der Waals surface area contributed by atoms with Gasteiger partial charge in [-0.3, -0.25) is 9.69 Å². The molecule has 0 aromatic heterocycles. The van der Waals surface area contributed by atoms with Crippen LogP contribution in [0, 0.1) is 5.92 Å². The van der Waals surface area contributed by atoms with E-state index in [2.05, 4.69) is 17.9 Å². The molecule has 2 unspecified atom stereocenters. The van der Waals surface area contributed by atoms with Crippen LogP contribution in [0.1, 0.15) is 44.9 Å². The van der Waals surface area contributed by atoms with Gasteiger partial charge in [0.2, 0.25) is 5.91 Å². The highest BCUT2D eigenvalue weighted by molar-refractivity contribution is 7.80. The van der Waals surface area contributed by atoms with Crippen LogP contribution in [0.15, 0.2) is 0 Å². The van der Waals surface area contributed by atoms with E-state index in [0.717, 1.165) is 50.7 Å². The van der Waals surface area contributed by atoms with Crippen molar-refractivity contribution >= 4 is 24.6 Å². The normalized spacial score (nSPS) is 27.9. The van der Waals surface area contributed by atoms with Crippen LogP contribution in [0.5, 0.6) is 0 Å². The van der Waals surface area contributed by atoms with Crippen molar-refractivity contribution in [3.05, 3.63) is 0 Å². The highest BCUT2D eigenvalue weighted by Crippen LogP contribution is 2.29. The highest BCUT2D eigenvalue weighted by Gasteiger charge is 2.41. The Kier molecular flexibility index (Phi) is 4.92. The molecule has 0 spiro atoms. The Hall–Kier alpha value is -0.710. The number of imide groups is 1. The SMILES string of the molecule is O=C1NC2CCCCC2C(=O)N1CCCCCS. The van der Waals surface area contributed by atoms with E-state index in [-0.39, 0.29) is 23.9 Å². The summed E-state index contributed by atoms with van der Waals surface area (Å²) in [6.07, 6.45) is 7.06. The number of amides is 3. The van der Waals surface area contributed by atoms with Crippen molar-refractivity contribution < 1.29 is 9.59 Å². The van der Waals surface area contributed by atoms with Crippen molar-refractivity contribution in [2.24, 2.45) is 5.92 Å². The first-order chi connectivity index (χ1) is 8.74. The maximum atomic E-state index is 12.3. The van der Waals surface area contributed by atoms with Gasteiger partial charge >= 0.3 is 6.03 Å². The molecule has 4 nitrogen and oxygen atoms in total. The average Bonchev–Trinajstić information content (AvgIpc) is 2.38. The van der Waals surface area contributed by atoms with Crippen LogP contribution in [0.3, 0.4) is 0 Å². The van der Waals surface area contributed by atoms with Gasteiger partial charge in [0.05, 0.1) is 5.92 Å². The molecule has 18 heavy (non-hydrogen) atoms. The molecule has 0 aromatic carbocycles. The molecule has 2 aliphatic rings. The van der Waals surface area contributed by atoms with Crippen LogP contribution < -0.4 is 5.32 Å². The minimum Gasteiger partial charge on any atom is -0.334 e. The second-order valence-corrected chi connectivity index (χ2v) is 5.67. The van der Waals surface area contributed by atoms with E-state index in [1.165, 1.54) is 4.90 Å². The zero-order chi connectivity index (χ0) is 13.0. The third-order valence-corrected chi connectivity index (χ3v) is 4.26. The van der Waals surface area contributed by atoms with Gasteiger partial charge in [-0.2, -0.15) is 12.6 Å². The smallest absolute Gasteiger partial charge is 0.324 e. The summed E-state index contributed by atoms with van der Waals surface area (Å²) in [6, 6.07) is -0.0959. The molecular weight excluding hydrogens is 248 g/mol. The van der Waals surface area contributed by atoms with Crippen LogP contribution >= 0.6 is 12.6 Å². The zero-order valence-electron chi connectivity index (χ0n) is 10.7. The van der Waals surface area contributed by atoms with E-state index < -0.39 is 0 Å². The molecular formula is C13H22N2O2S. The summed E-state index contributed by atoms with van der Waals surface area (Å²) in [5.41, 5.74) is 0. The van der Waals surface area contributed by atoms with Gasteiger partial charge in [0, 0.05) is 12.6 Å². The molecule has 2 atom stereocenters. The van der Waals surface area contributed by atoms with Gasteiger partial charge in [0.25, 0.3) is 0 Å². The third kappa shape index (κ3) is 2.99. The lowest BCUT2D eigenvalue weighted by Gasteiger charge is -2.40. The fourth-order valence-electron chi connectivity index (χ4n) is 2.91. The second kappa shape index (κ2) is 6.45. The monoisotopic (exact) mass is 270 g/mol. The van der Waals surface area contributed by atoms with Gasteiger partial charge < -0.3 is 5.32 Å². The van der Waals surface area contributed by atoms with Gasteiger partial charge in [0.15, 0.2) is 0 Å². The number of nitrogens with one attached hydrogen (secondary N) is 1. The molecule has 1 saturated carbocycles. The maximum absolute atomic E-state index is 12.3. The standard InChI is InChI=1S/C13H22N2O2S/c16-12-10-6-2-3-7-11(10)14-13(17)15(12)8-4-1-5-9-18/h10-11,18H,1-9H2,(H,14,17). The summed E-state index contributed by atoms with van der Waals surface area (Å²) in [7, 11) is 0. The molecule has 0 bridgehead atoms. The predicted molar refractivity (Wildman–Crippen MR) is 73.7 cm³/mol. The Morgan fingerprint density at radius 2 is 1.94 bits per heavy atom. The number of urea groups is 1. The van der Waals surface area contributed by atoms with Crippen molar-refractivity contribution in [3.8, 4) is 0 Å². The summed E-state index contributed by atoms with van der Waals surface area (Å²) in [5, 5.41) is 2.99. The summed E-state index contributed by atoms with van der Waals surface area (Å²) >= 11 is 4.16. The van der Waals surface area contributed by atoms with Crippen LogP contribution in [-0.4, -0.2) is 35.2 Å². The molecule has 2 rings (SSSR count). The molecule has 1 heterocycles. The Labute approximate surface area is 114 Å². The molecule has 3 amide bonds. The van der Waals surface area contributed by atoms with E-state index in [1.54, 1.807) is 0 Å². The van der Waals surface area contributed by atoms with Crippen molar-refractivity contribution in [2.45, 2.75) is 51.0 Å². The van der Waals surface area contributed by atoms with E-state index in [0.29, 0.717) is 6.54 Å². The van der Waals surface area contributed by atoms with Crippen LogP contribution in [0.4, 0.5) is 4.79 Å². The number of hydrogen-bond donors (Lipinski definition) is 2. The highest BCUT2D eigenvalue weighted by atomic mass is 32.1. The minimum atomic E-state index is -0.186. The van der Waals surface area contributed by atoms with Gasteiger partial charge in [-0.1, -0.05) is 19.3 Å². The van der Waals surface area contributed by atoms with Gasteiger partial charge in [-0.05, 0) is 31.4 Å². The van der Waals surface area contributed by atoms with Crippen LogP contribution in [0.2, 0.25) is 0 Å². The van der Waals surface area contributed by atoms with E-state index in [1.807, 2.05) is 0 Å². The zero-order valence-corrected chi connectivity index (χ0v) is 11.6. The van der Waals surface area contributed by atoms with Gasteiger partial charge in [-0.15, -0.1) is 0 Å². The molecule has 0 aromatic rings. The molecule has 1 aliphatic heterocycles. The first-order valence-electron chi connectivity index (χ1n) is 6.97. The number of thiol groups is 1. The van der Waals surface area contributed by atoms with Crippen molar-refractivity contribution in [3.63, 3.8) is 0 Å². The minimum absolute atomic E-state index is 0.0290. The first kappa shape index (κ1) is 13.7. The van der Waals surface area contributed by atoms with E-state index >= 15 is 0 Å². The first-order valence-corrected chi connectivity index (χ1v) is 7.60. The largest absolute Gasteiger partial charge is 0.334 e. The Morgan fingerprint density at radius 1 is 1.17 bits per heavy atom. The number of carbonyl (C=O) groups excluding carboxylic acids is 2. The molecule has 2 fully saturated rings. The number of rotatable bonds is 5. The Balaban J connectivity index is 1.89. The predicted octanol–water partition coefficient (Wildman–Crippen LogP) is 2.20. The summed E-state index contributed by atoms with van der Waals surface area (Å²) < 4.78 is 0. The summed E-state index contributed by atoms with van der Waals surface area (Å²) in [4.78, 5) is 25.6. The van der Waals surface area contributed by atoms with Gasteiger partial charge in [0.1, 0.15) is 0 Å². The van der Waals surface area contributed by atoms with Crippen molar-refractivity contribution in [2.75, 3.05) is 12.3 Å². The Morgan fingerprint density at radius 3 is 2.72 bits per heavy atom. The summed E-state index contributed by atoms with van der Waals surface area (Å²) in [5.74, 6) is 0.945. The van der Waals surface area contributed by atoms with Crippen LogP contribution in [-0.2, 0) is 4.79 Å². The third-order valence-electron chi connectivity index (χ3n) is 3.94. The van der Waals surface area contributed by atoms with Crippen molar-refractivity contribution in [1.82, 2.24) is 10.2 Å². The van der Waals surface area contributed by atoms with E-state index in [9.17, 15) is 9.59 Å². The van der Waals surface area contributed by atoms with Crippen LogP contribution in [0.25, 0.3) is 0 Å². The molecule has 1 aliphatic carbocycles. The number of unbranched alkanes of at least 4 members (excludes halogenated alkanes) is 2. The lowest BCUT2D eigenvalue weighted by atomic mass is 9.82. The fraction of sp³-hybridized carbons (Fsp3) is 0.846. The lowest BCUT2D eigenvalue weighted by Crippen LogP contribution is -2.60. The second-order valence-electron chi connectivity index (χ2n) is 5.22. The molecule has 102 valence electrons. The summed E-state index contributed by atoms with van der Waals surface area (Å²) in [6.45, 7) is 0.557. The Bertz CT molecular complexity index is 322. The molecule has 1 N–H and O–H groups in total. The fourth-order valence-corrected chi connectivity index (χ4v) is 3.13. The number of fused-ring (bicyclic) bond motifs is 1. The van der Waals surface area contributed by atoms with Gasteiger partial charge in [-0.25, -0.2) is 4.79 Å². The number of nitrogens with zero attached hydrogens (tertiary/aromatic N) is 1. The maximum Gasteiger partial charge on any atom is 0.324 e. The van der Waals surface area contributed by atoms with E-state index in [4.69, 9.17) is 0 Å². The number of hydrogen-bond acceptors (Lipinski definition) is 3. The topological polar surface area (TPSA) is 49.4 Å². The average molecular weight is 270 g/mol. The van der Waals surface area contributed by atoms with Crippen molar-refractivity contribution in [1.29, 1.82) is 0 Å². The molecule has 1 saturated heterocycles. The molecule has 5 heteroatoms. The lowest BCUT2D eigenvalue weighted by molar-refractivity contribution is -0.136. The molecule has 0 radical (unpaired) electrons. The number of carbonyl (C=O) groups is 2.